The Hall–Kier alpha value is -2.59. The number of ether oxygens (including phenoxy) is 1. The predicted molar refractivity (Wildman–Crippen MR) is 162 cm³/mol. The van der Waals surface area contributed by atoms with E-state index in [2.05, 4.69) is 97.0 Å². The number of esters is 1. The highest BCUT2D eigenvalue weighted by Crippen LogP contribution is 2.47. The Morgan fingerprint density at radius 2 is 1.69 bits per heavy atom. The van der Waals surface area contributed by atoms with Gasteiger partial charge in [0.25, 0.3) is 0 Å². The second-order valence-corrected chi connectivity index (χ2v) is 13.7. The fourth-order valence-electron chi connectivity index (χ4n) is 5.48. The highest BCUT2D eigenvalue weighted by atomic mass is 16.5. The number of aliphatic hydroxyl groups excluding tert-OH is 1. The van der Waals surface area contributed by atoms with Crippen molar-refractivity contribution < 1.29 is 19.1 Å². The number of hydrogen-bond acceptors (Lipinski definition) is 4. The Morgan fingerprint density at radius 3 is 2.33 bits per heavy atom. The zero-order valence-electron chi connectivity index (χ0n) is 25.5. The molecule has 0 saturated heterocycles. The van der Waals surface area contributed by atoms with Crippen molar-refractivity contribution in [2.75, 3.05) is 13.2 Å². The van der Waals surface area contributed by atoms with Gasteiger partial charge in [-0.15, -0.1) is 0 Å². The molecule has 3 aromatic rings. The highest BCUT2D eigenvalue weighted by Gasteiger charge is 2.47. The minimum atomic E-state index is -0.589. The molecule has 0 aliphatic carbocycles. The summed E-state index contributed by atoms with van der Waals surface area (Å²) in [6.45, 7) is 17.3. The van der Waals surface area contributed by atoms with Crippen molar-refractivity contribution in [3.05, 3.63) is 59.7 Å². The smallest absolute Gasteiger partial charge is 0.312 e. The fourth-order valence-corrected chi connectivity index (χ4v) is 5.48. The largest absolute Gasteiger partial charge is 0.465 e. The van der Waals surface area contributed by atoms with Crippen LogP contribution in [-0.2, 0) is 22.4 Å². The number of rotatable bonds is 12. The van der Waals surface area contributed by atoms with Crippen molar-refractivity contribution in [3.8, 4) is 11.3 Å². The van der Waals surface area contributed by atoms with Crippen LogP contribution in [0.4, 0.5) is 0 Å². The molecule has 4 nitrogen and oxygen atoms in total. The van der Waals surface area contributed by atoms with Gasteiger partial charge < -0.3 is 14.3 Å². The third kappa shape index (κ3) is 7.97. The van der Waals surface area contributed by atoms with Gasteiger partial charge in [0.15, 0.2) is 0 Å². The van der Waals surface area contributed by atoms with Gasteiger partial charge in [-0.2, -0.15) is 0 Å². The topological polar surface area (TPSA) is 59.7 Å². The number of furan rings is 1. The standard InChI is InChI=1S/C35H50O4/c1-9-27-16-12-13-17-29(27)31-21-28-19-18-25(20-30(28)39-31)14-10-11-15-26(22-36)23-38-32(37)35(8,34(5,6)7)24-33(2,3)4/h12-13,16-21,26,36H,9-11,14-15,22-24H2,1-8H3. The van der Waals surface area contributed by atoms with Crippen LogP contribution in [0.3, 0.4) is 0 Å². The lowest BCUT2D eigenvalue weighted by molar-refractivity contribution is -0.166. The lowest BCUT2D eigenvalue weighted by Crippen LogP contribution is -2.44. The van der Waals surface area contributed by atoms with Crippen LogP contribution >= 0.6 is 0 Å². The molecule has 0 spiro atoms. The fraction of sp³-hybridized carbons (Fsp3) is 0.571. The molecule has 2 unspecified atom stereocenters. The van der Waals surface area contributed by atoms with Crippen LogP contribution in [0.25, 0.3) is 22.3 Å². The summed E-state index contributed by atoms with van der Waals surface area (Å²) in [5.74, 6) is 0.725. The van der Waals surface area contributed by atoms with Crippen molar-refractivity contribution >= 4 is 16.9 Å². The number of hydrogen-bond donors (Lipinski definition) is 1. The van der Waals surface area contributed by atoms with Crippen molar-refractivity contribution in [1.82, 2.24) is 0 Å². The van der Waals surface area contributed by atoms with Crippen LogP contribution in [0.1, 0.15) is 92.2 Å². The first kappa shape index (κ1) is 30.9. The number of carbonyl (C=O) groups is 1. The first-order chi connectivity index (χ1) is 18.3. The van der Waals surface area contributed by atoms with E-state index in [1.165, 1.54) is 11.1 Å². The van der Waals surface area contributed by atoms with Crippen molar-refractivity contribution in [2.24, 2.45) is 22.2 Å². The Bertz CT molecular complexity index is 1220. The van der Waals surface area contributed by atoms with Crippen LogP contribution < -0.4 is 0 Å². The summed E-state index contributed by atoms with van der Waals surface area (Å²) in [4.78, 5) is 13.2. The average Bonchev–Trinajstić information content (AvgIpc) is 3.29. The molecule has 0 bridgehead atoms. The third-order valence-corrected chi connectivity index (χ3v) is 8.27. The lowest BCUT2D eigenvalue weighted by Gasteiger charge is -2.43. The molecular formula is C35H50O4. The van der Waals surface area contributed by atoms with Gasteiger partial charge >= 0.3 is 5.97 Å². The number of unbranched alkanes of at least 4 members (excludes halogenated alkanes) is 1. The molecule has 4 heteroatoms. The number of aryl methyl sites for hydroxylation is 2. The van der Waals surface area contributed by atoms with Crippen LogP contribution in [0.5, 0.6) is 0 Å². The van der Waals surface area contributed by atoms with Gasteiger partial charge in [0, 0.05) is 23.5 Å². The molecule has 2 aromatic carbocycles. The Kier molecular flexibility index (Phi) is 10.1. The summed E-state index contributed by atoms with van der Waals surface area (Å²) < 4.78 is 12.1. The van der Waals surface area contributed by atoms with Gasteiger partial charge in [0.05, 0.1) is 12.0 Å². The maximum atomic E-state index is 13.2. The average molecular weight is 535 g/mol. The van der Waals surface area contributed by atoms with E-state index in [4.69, 9.17) is 9.15 Å². The lowest BCUT2D eigenvalue weighted by atomic mass is 9.61. The van der Waals surface area contributed by atoms with Gasteiger partial charge in [-0.05, 0) is 73.1 Å². The number of benzene rings is 2. The molecule has 3 rings (SSSR count). The highest BCUT2D eigenvalue weighted by molar-refractivity contribution is 5.84. The van der Waals surface area contributed by atoms with E-state index in [9.17, 15) is 9.90 Å². The van der Waals surface area contributed by atoms with Gasteiger partial charge in [-0.3, -0.25) is 4.79 Å². The maximum absolute atomic E-state index is 13.2. The van der Waals surface area contributed by atoms with Crippen LogP contribution in [0.15, 0.2) is 52.9 Å². The maximum Gasteiger partial charge on any atom is 0.312 e. The van der Waals surface area contributed by atoms with Gasteiger partial charge in [0.2, 0.25) is 0 Å². The Balaban J connectivity index is 1.53. The molecule has 214 valence electrons. The quantitative estimate of drug-likeness (QED) is 0.186. The van der Waals surface area contributed by atoms with Crippen molar-refractivity contribution in [2.45, 2.75) is 93.9 Å². The van der Waals surface area contributed by atoms with E-state index in [1.54, 1.807) is 0 Å². The van der Waals surface area contributed by atoms with E-state index in [-0.39, 0.29) is 35.9 Å². The molecule has 1 aromatic heterocycles. The Morgan fingerprint density at radius 1 is 0.974 bits per heavy atom. The predicted octanol–water partition coefficient (Wildman–Crippen LogP) is 9.02. The minimum absolute atomic E-state index is 0.0116. The zero-order valence-corrected chi connectivity index (χ0v) is 25.5. The number of carbonyl (C=O) groups excluding carboxylic acids is 1. The number of aliphatic hydroxyl groups is 1. The third-order valence-electron chi connectivity index (χ3n) is 8.27. The SMILES string of the molecule is CCc1ccccc1-c1cc2ccc(CCCCC(CO)COC(=O)C(C)(CC(C)(C)C)C(C)(C)C)cc2o1. The minimum Gasteiger partial charge on any atom is -0.465 e. The summed E-state index contributed by atoms with van der Waals surface area (Å²) >= 11 is 0. The molecule has 0 saturated carbocycles. The molecule has 0 fully saturated rings. The molecule has 2 atom stereocenters. The first-order valence-electron chi connectivity index (χ1n) is 14.7. The van der Waals surface area contributed by atoms with Crippen LogP contribution in [-0.4, -0.2) is 24.3 Å². The van der Waals surface area contributed by atoms with E-state index in [0.717, 1.165) is 60.8 Å². The monoisotopic (exact) mass is 534 g/mol. The van der Waals surface area contributed by atoms with E-state index in [0.29, 0.717) is 0 Å². The molecular weight excluding hydrogens is 484 g/mol. The second-order valence-electron chi connectivity index (χ2n) is 13.7. The second kappa shape index (κ2) is 12.7. The summed E-state index contributed by atoms with van der Waals surface area (Å²) in [5.41, 5.74) is 3.83. The first-order valence-corrected chi connectivity index (χ1v) is 14.7. The summed E-state index contributed by atoms with van der Waals surface area (Å²) in [6.07, 6.45) is 5.47. The van der Waals surface area contributed by atoms with Gasteiger partial charge in [-0.1, -0.05) is 91.3 Å². The molecule has 1 heterocycles. The van der Waals surface area contributed by atoms with Crippen molar-refractivity contribution in [1.29, 1.82) is 0 Å². The molecule has 0 aliphatic heterocycles. The molecule has 39 heavy (non-hydrogen) atoms. The molecule has 0 aliphatic rings. The summed E-state index contributed by atoms with van der Waals surface area (Å²) in [5, 5.41) is 11.1. The van der Waals surface area contributed by atoms with Crippen LogP contribution in [0.2, 0.25) is 0 Å². The van der Waals surface area contributed by atoms with E-state index < -0.39 is 5.41 Å². The van der Waals surface area contributed by atoms with Crippen molar-refractivity contribution in [3.63, 3.8) is 0 Å². The van der Waals surface area contributed by atoms with Gasteiger partial charge in [0.1, 0.15) is 11.3 Å². The number of fused-ring (bicyclic) bond motifs is 1. The summed E-state index contributed by atoms with van der Waals surface area (Å²) in [6, 6.07) is 17.0. The normalized spacial score (nSPS) is 14.8. The van der Waals surface area contributed by atoms with E-state index in [1.807, 2.05) is 6.92 Å². The Labute approximate surface area is 236 Å². The van der Waals surface area contributed by atoms with E-state index >= 15 is 0 Å². The zero-order chi connectivity index (χ0) is 28.8. The molecule has 1 N–H and O–H groups in total. The van der Waals surface area contributed by atoms with Crippen LogP contribution in [0, 0.1) is 22.2 Å². The molecule has 0 amide bonds. The van der Waals surface area contributed by atoms with Gasteiger partial charge in [-0.25, -0.2) is 0 Å². The summed E-state index contributed by atoms with van der Waals surface area (Å²) in [7, 11) is 0. The molecule has 0 radical (unpaired) electrons.